The molecule has 6 heteroatoms. The SMILES string of the molecule is COc1cc(OC)c(OC)cc1CNCc1ccno1. The summed E-state index contributed by atoms with van der Waals surface area (Å²) in [5, 5.41) is 6.91. The number of benzene rings is 1. The van der Waals surface area contributed by atoms with Gasteiger partial charge in [0.05, 0.1) is 34.1 Å². The van der Waals surface area contributed by atoms with Gasteiger partial charge < -0.3 is 24.1 Å². The van der Waals surface area contributed by atoms with E-state index in [2.05, 4.69) is 10.5 Å². The second-order valence-electron chi connectivity index (χ2n) is 4.10. The van der Waals surface area contributed by atoms with Crippen molar-refractivity contribution in [2.24, 2.45) is 0 Å². The van der Waals surface area contributed by atoms with E-state index in [4.69, 9.17) is 18.7 Å². The van der Waals surface area contributed by atoms with E-state index in [9.17, 15) is 0 Å². The molecule has 6 nitrogen and oxygen atoms in total. The number of nitrogens with zero attached hydrogens (tertiary/aromatic N) is 1. The lowest BCUT2D eigenvalue weighted by atomic mass is 10.1. The summed E-state index contributed by atoms with van der Waals surface area (Å²) in [5.41, 5.74) is 0.977. The molecule has 1 N–H and O–H groups in total. The molecule has 0 saturated carbocycles. The highest BCUT2D eigenvalue weighted by Gasteiger charge is 2.11. The largest absolute Gasteiger partial charge is 0.496 e. The van der Waals surface area contributed by atoms with Crippen molar-refractivity contribution in [1.29, 1.82) is 0 Å². The van der Waals surface area contributed by atoms with E-state index in [1.54, 1.807) is 27.5 Å². The summed E-state index contributed by atoms with van der Waals surface area (Å²) in [7, 11) is 4.83. The Bertz CT molecular complexity index is 540. The van der Waals surface area contributed by atoms with E-state index < -0.39 is 0 Å². The van der Waals surface area contributed by atoms with Crippen LogP contribution in [0.2, 0.25) is 0 Å². The highest BCUT2D eigenvalue weighted by atomic mass is 16.5. The normalized spacial score (nSPS) is 10.3. The van der Waals surface area contributed by atoms with Crippen LogP contribution in [0, 0.1) is 0 Å². The molecule has 2 rings (SSSR count). The zero-order chi connectivity index (χ0) is 14.4. The Morgan fingerprint density at radius 2 is 1.70 bits per heavy atom. The molecule has 0 unspecified atom stereocenters. The maximum Gasteiger partial charge on any atom is 0.164 e. The Labute approximate surface area is 117 Å². The van der Waals surface area contributed by atoms with E-state index in [-0.39, 0.29) is 0 Å². The molecule has 0 bridgehead atoms. The van der Waals surface area contributed by atoms with Crippen molar-refractivity contribution in [3.8, 4) is 17.2 Å². The van der Waals surface area contributed by atoms with Crippen molar-refractivity contribution in [1.82, 2.24) is 10.5 Å². The van der Waals surface area contributed by atoms with E-state index in [0.29, 0.717) is 24.6 Å². The van der Waals surface area contributed by atoms with E-state index in [1.165, 1.54) is 0 Å². The van der Waals surface area contributed by atoms with Crippen molar-refractivity contribution < 1.29 is 18.7 Å². The molecule has 2 aromatic rings. The topological polar surface area (TPSA) is 65.8 Å². The van der Waals surface area contributed by atoms with Crippen molar-refractivity contribution >= 4 is 0 Å². The molecule has 0 atom stereocenters. The third kappa shape index (κ3) is 3.21. The average Bonchev–Trinajstić information content (AvgIpc) is 2.99. The summed E-state index contributed by atoms with van der Waals surface area (Å²) in [5.74, 6) is 2.84. The van der Waals surface area contributed by atoms with E-state index in [0.717, 1.165) is 17.1 Å². The molecule has 1 aromatic heterocycles. The minimum atomic E-state index is 0.595. The van der Waals surface area contributed by atoms with Crippen LogP contribution in [0.5, 0.6) is 17.2 Å². The van der Waals surface area contributed by atoms with Gasteiger partial charge in [0.1, 0.15) is 11.5 Å². The summed E-state index contributed by atoms with van der Waals surface area (Å²) in [6.45, 7) is 1.21. The van der Waals surface area contributed by atoms with Crippen LogP contribution in [-0.2, 0) is 13.1 Å². The molecule has 20 heavy (non-hydrogen) atoms. The van der Waals surface area contributed by atoms with Crippen LogP contribution in [0.3, 0.4) is 0 Å². The second kappa shape index (κ2) is 6.81. The standard InChI is InChI=1S/C14H18N2O4/c1-17-12-7-14(19-3)13(18-2)6-10(12)8-15-9-11-4-5-16-20-11/h4-7,15H,8-9H2,1-3H3. The minimum absolute atomic E-state index is 0.595. The Balaban J connectivity index is 2.09. The minimum Gasteiger partial charge on any atom is -0.496 e. The van der Waals surface area contributed by atoms with Crippen molar-refractivity contribution in [2.45, 2.75) is 13.1 Å². The number of ether oxygens (including phenoxy) is 3. The van der Waals surface area contributed by atoms with Gasteiger partial charge in [0.2, 0.25) is 0 Å². The fourth-order valence-corrected chi connectivity index (χ4v) is 1.88. The summed E-state index contributed by atoms with van der Waals surface area (Å²) in [4.78, 5) is 0. The molecular formula is C14H18N2O4. The predicted molar refractivity (Wildman–Crippen MR) is 73.1 cm³/mol. The summed E-state index contributed by atoms with van der Waals surface area (Å²) < 4.78 is 20.9. The molecular weight excluding hydrogens is 260 g/mol. The van der Waals surface area contributed by atoms with Gasteiger partial charge in [-0.3, -0.25) is 0 Å². The van der Waals surface area contributed by atoms with E-state index >= 15 is 0 Å². The molecule has 0 aliphatic heterocycles. The van der Waals surface area contributed by atoms with Gasteiger partial charge in [-0.15, -0.1) is 0 Å². The van der Waals surface area contributed by atoms with Gasteiger partial charge in [0, 0.05) is 24.2 Å². The lowest BCUT2D eigenvalue weighted by molar-refractivity contribution is 0.346. The molecule has 0 aliphatic rings. The summed E-state index contributed by atoms with van der Waals surface area (Å²) in [6, 6.07) is 5.52. The maximum absolute atomic E-state index is 5.36. The molecule has 108 valence electrons. The Kier molecular flexibility index (Phi) is 4.84. The Morgan fingerprint density at radius 3 is 2.30 bits per heavy atom. The Hall–Kier alpha value is -2.21. The lowest BCUT2D eigenvalue weighted by Crippen LogP contribution is -2.13. The number of nitrogens with one attached hydrogen (secondary N) is 1. The quantitative estimate of drug-likeness (QED) is 0.835. The van der Waals surface area contributed by atoms with E-state index in [1.807, 2.05) is 18.2 Å². The molecule has 0 saturated heterocycles. The first-order chi connectivity index (χ1) is 9.78. The van der Waals surface area contributed by atoms with Gasteiger partial charge in [-0.1, -0.05) is 5.16 Å². The number of hydrogen-bond donors (Lipinski definition) is 1. The first-order valence-corrected chi connectivity index (χ1v) is 6.17. The second-order valence-corrected chi connectivity index (χ2v) is 4.10. The third-order valence-electron chi connectivity index (χ3n) is 2.89. The van der Waals surface area contributed by atoms with Crippen molar-refractivity contribution in [3.63, 3.8) is 0 Å². The van der Waals surface area contributed by atoms with Gasteiger partial charge in [-0.2, -0.15) is 0 Å². The number of hydrogen-bond acceptors (Lipinski definition) is 6. The van der Waals surface area contributed by atoms with Crippen molar-refractivity contribution in [2.75, 3.05) is 21.3 Å². The highest BCUT2D eigenvalue weighted by Crippen LogP contribution is 2.34. The molecule has 0 amide bonds. The number of methoxy groups -OCH3 is 3. The first-order valence-electron chi connectivity index (χ1n) is 6.17. The fraction of sp³-hybridized carbons (Fsp3) is 0.357. The molecule has 0 radical (unpaired) electrons. The summed E-state index contributed by atoms with van der Waals surface area (Å²) >= 11 is 0. The monoisotopic (exact) mass is 278 g/mol. The molecule has 0 aliphatic carbocycles. The van der Waals surface area contributed by atoms with Crippen LogP contribution < -0.4 is 19.5 Å². The summed E-state index contributed by atoms with van der Waals surface area (Å²) in [6.07, 6.45) is 1.62. The fourth-order valence-electron chi connectivity index (χ4n) is 1.88. The Morgan fingerprint density at radius 1 is 1.00 bits per heavy atom. The van der Waals surface area contributed by atoms with Crippen LogP contribution in [-0.4, -0.2) is 26.5 Å². The number of rotatable bonds is 7. The van der Waals surface area contributed by atoms with Crippen LogP contribution in [0.1, 0.15) is 11.3 Å². The molecule has 0 spiro atoms. The molecule has 0 fully saturated rings. The maximum atomic E-state index is 5.36. The van der Waals surface area contributed by atoms with Crippen LogP contribution >= 0.6 is 0 Å². The van der Waals surface area contributed by atoms with Crippen LogP contribution in [0.15, 0.2) is 28.9 Å². The van der Waals surface area contributed by atoms with Gasteiger partial charge in [0.25, 0.3) is 0 Å². The van der Waals surface area contributed by atoms with Crippen LogP contribution in [0.25, 0.3) is 0 Å². The lowest BCUT2D eigenvalue weighted by Gasteiger charge is -2.14. The smallest absolute Gasteiger partial charge is 0.164 e. The van der Waals surface area contributed by atoms with Crippen LogP contribution in [0.4, 0.5) is 0 Å². The van der Waals surface area contributed by atoms with Gasteiger partial charge in [-0.05, 0) is 6.07 Å². The predicted octanol–water partition coefficient (Wildman–Crippen LogP) is 1.99. The van der Waals surface area contributed by atoms with Gasteiger partial charge in [-0.25, -0.2) is 0 Å². The average molecular weight is 278 g/mol. The van der Waals surface area contributed by atoms with Gasteiger partial charge in [0.15, 0.2) is 11.5 Å². The zero-order valence-corrected chi connectivity index (χ0v) is 11.8. The molecule has 1 heterocycles. The highest BCUT2D eigenvalue weighted by molar-refractivity contribution is 5.50. The third-order valence-corrected chi connectivity index (χ3v) is 2.89. The first kappa shape index (κ1) is 14.2. The zero-order valence-electron chi connectivity index (χ0n) is 11.8. The number of aromatic nitrogens is 1. The van der Waals surface area contributed by atoms with Crippen molar-refractivity contribution in [3.05, 3.63) is 35.7 Å². The molecule has 1 aromatic carbocycles. The van der Waals surface area contributed by atoms with Gasteiger partial charge >= 0.3 is 0 Å².